The standard InChI is InChI=1S/C19H14FN3O/c1-12-2-7-16-18(14-8-9-21-17(24)10-14)19(22-23(16)11-12)13-3-5-15(20)6-4-13/h2-11H,1H3,(H,21,24). The highest BCUT2D eigenvalue weighted by atomic mass is 19.1. The lowest BCUT2D eigenvalue weighted by Gasteiger charge is -2.03. The van der Waals surface area contributed by atoms with Gasteiger partial charge in [-0.3, -0.25) is 4.79 Å². The summed E-state index contributed by atoms with van der Waals surface area (Å²) in [6.07, 6.45) is 3.54. The van der Waals surface area contributed by atoms with E-state index in [0.717, 1.165) is 27.8 Å². The molecule has 3 heterocycles. The molecule has 1 N–H and O–H groups in total. The van der Waals surface area contributed by atoms with E-state index < -0.39 is 0 Å². The van der Waals surface area contributed by atoms with Crippen LogP contribution < -0.4 is 5.56 Å². The number of halogens is 1. The molecule has 0 unspecified atom stereocenters. The van der Waals surface area contributed by atoms with Crippen LogP contribution in [0.3, 0.4) is 0 Å². The minimum atomic E-state index is -0.295. The van der Waals surface area contributed by atoms with Crippen molar-refractivity contribution in [2.24, 2.45) is 0 Å². The smallest absolute Gasteiger partial charge is 0.248 e. The van der Waals surface area contributed by atoms with Crippen molar-refractivity contribution in [3.63, 3.8) is 0 Å². The van der Waals surface area contributed by atoms with Crippen LogP contribution in [-0.4, -0.2) is 14.6 Å². The van der Waals surface area contributed by atoms with Gasteiger partial charge in [-0.05, 0) is 54.4 Å². The van der Waals surface area contributed by atoms with Gasteiger partial charge in [0.25, 0.3) is 0 Å². The second-order valence-corrected chi connectivity index (χ2v) is 5.71. The molecule has 0 amide bonds. The summed E-state index contributed by atoms with van der Waals surface area (Å²) in [5.41, 5.74) is 4.94. The van der Waals surface area contributed by atoms with Crippen LogP contribution in [0.5, 0.6) is 0 Å². The molecule has 5 heteroatoms. The number of benzene rings is 1. The van der Waals surface area contributed by atoms with Gasteiger partial charge in [-0.25, -0.2) is 8.91 Å². The largest absolute Gasteiger partial charge is 0.329 e. The van der Waals surface area contributed by atoms with Crippen molar-refractivity contribution in [2.45, 2.75) is 6.92 Å². The fraction of sp³-hybridized carbons (Fsp3) is 0.0526. The van der Waals surface area contributed by atoms with Crippen molar-refractivity contribution in [1.29, 1.82) is 0 Å². The molecule has 0 atom stereocenters. The summed E-state index contributed by atoms with van der Waals surface area (Å²) < 4.78 is 15.1. The Morgan fingerprint density at radius 1 is 1.04 bits per heavy atom. The number of aromatic nitrogens is 3. The molecule has 0 bridgehead atoms. The molecule has 118 valence electrons. The Hall–Kier alpha value is -3.21. The molecular weight excluding hydrogens is 305 g/mol. The first-order chi connectivity index (χ1) is 11.6. The molecule has 4 rings (SSSR count). The van der Waals surface area contributed by atoms with Gasteiger partial charge in [-0.1, -0.05) is 6.07 Å². The topological polar surface area (TPSA) is 50.2 Å². The summed E-state index contributed by atoms with van der Waals surface area (Å²) in [4.78, 5) is 14.4. The first kappa shape index (κ1) is 14.4. The van der Waals surface area contributed by atoms with Gasteiger partial charge in [0.15, 0.2) is 0 Å². The summed E-state index contributed by atoms with van der Waals surface area (Å²) in [7, 11) is 0. The van der Waals surface area contributed by atoms with Crippen molar-refractivity contribution in [1.82, 2.24) is 14.6 Å². The average molecular weight is 319 g/mol. The summed E-state index contributed by atoms with van der Waals surface area (Å²) in [6.45, 7) is 1.99. The Kier molecular flexibility index (Phi) is 3.27. The van der Waals surface area contributed by atoms with E-state index in [1.807, 2.05) is 31.3 Å². The van der Waals surface area contributed by atoms with Crippen LogP contribution in [0.4, 0.5) is 4.39 Å². The Morgan fingerprint density at radius 3 is 2.58 bits per heavy atom. The zero-order valence-electron chi connectivity index (χ0n) is 13.0. The summed E-state index contributed by atoms with van der Waals surface area (Å²) in [6, 6.07) is 13.6. The maximum Gasteiger partial charge on any atom is 0.248 e. The van der Waals surface area contributed by atoms with Gasteiger partial charge in [0, 0.05) is 29.6 Å². The predicted octanol–water partition coefficient (Wildman–Crippen LogP) is 3.80. The van der Waals surface area contributed by atoms with E-state index in [1.54, 1.807) is 28.9 Å². The number of nitrogens with one attached hydrogen (secondary N) is 1. The minimum absolute atomic E-state index is 0.177. The van der Waals surface area contributed by atoms with E-state index >= 15 is 0 Å². The Morgan fingerprint density at radius 2 is 1.83 bits per heavy atom. The van der Waals surface area contributed by atoms with Crippen LogP contribution in [0.15, 0.2) is 65.7 Å². The molecule has 0 aliphatic rings. The van der Waals surface area contributed by atoms with E-state index in [0.29, 0.717) is 5.69 Å². The van der Waals surface area contributed by atoms with Crippen molar-refractivity contribution in [3.05, 3.63) is 82.7 Å². The molecule has 0 radical (unpaired) electrons. The van der Waals surface area contributed by atoms with Gasteiger partial charge in [-0.2, -0.15) is 5.10 Å². The highest BCUT2D eigenvalue weighted by Gasteiger charge is 2.16. The number of aromatic amines is 1. The third-order valence-electron chi connectivity index (χ3n) is 3.96. The van der Waals surface area contributed by atoms with Gasteiger partial charge in [-0.15, -0.1) is 0 Å². The first-order valence-electron chi connectivity index (χ1n) is 7.56. The molecule has 0 spiro atoms. The van der Waals surface area contributed by atoms with Gasteiger partial charge < -0.3 is 4.98 Å². The van der Waals surface area contributed by atoms with E-state index in [9.17, 15) is 9.18 Å². The molecule has 0 saturated heterocycles. The lowest BCUT2D eigenvalue weighted by atomic mass is 10.0. The van der Waals surface area contributed by atoms with Gasteiger partial charge in [0.1, 0.15) is 11.5 Å². The molecule has 0 aliphatic heterocycles. The highest BCUT2D eigenvalue weighted by Crippen LogP contribution is 2.34. The zero-order chi connectivity index (χ0) is 16.7. The number of aryl methyl sites for hydroxylation is 1. The third kappa shape index (κ3) is 2.40. The van der Waals surface area contributed by atoms with Crippen LogP contribution in [0.1, 0.15) is 5.56 Å². The zero-order valence-corrected chi connectivity index (χ0v) is 13.0. The molecule has 0 fully saturated rings. The molecular formula is C19H14FN3O. The normalized spacial score (nSPS) is 11.1. The number of nitrogens with zero attached hydrogens (tertiary/aromatic N) is 2. The van der Waals surface area contributed by atoms with Crippen LogP contribution in [0.2, 0.25) is 0 Å². The lowest BCUT2D eigenvalue weighted by molar-refractivity contribution is 0.628. The van der Waals surface area contributed by atoms with Gasteiger partial charge >= 0.3 is 0 Å². The lowest BCUT2D eigenvalue weighted by Crippen LogP contribution is -2.02. The van der Waals surface area contributed by atoms with Crippen LogP contribution in [0, 0.1) is 12.7 Å². The Balaban J connectivity index is 2.06. The summed E-state index contributed by atoms with van der Waals surface area (Å²) in [5.74, 6) is -0.295. The number of pyridine rings is 2. The Labute approximate surface area is 137 Å². The van der Waals surface area contributed by atoms with E-state index in [2.05, 4.69) is 10.1 Å². The van der Waals surface area contributed by atoms with E-state index in [1.165, 1.54) is 12.1 Å². The quantitative estimate of drug-likeness (QED) is 0.611. The van der Waals surface area contributed by atoms with Crippen molar-refractivity contribution >= 4 is 5.52 Å². The SMILES string of the molecule is Cc1ccc2c(-c3cc[nH]c(=O)c3)c(-c3ccc(F)cc3)nn2c1. The van der Waals surface area contributed by atoms with Crippen molar-refractivity contribution in [3.8, 4) is 22.4 Å². The van der Waals surface area contributed by atoms with Crippen LogP contribution >= 0.6 is 0 Å². The predicted molar refractivity (Wildman–Crippen MR) is 91.4 cm³/mol. The first-order valence-corrected chi connectivity index (χ1v) is 7.56. The molecule has 24 heavy (non-hydrogen) atoms. The minimum Gasteiger partial charge on any atom is -0.329 e. The maximum absolute atomic E-state index is 13.3. The van der Waals surface area contributed by atoms with E-state index in [4.69, 9.17) is 0 Å². The number of H-pyrrole nitrogens is 1. The number of fused-ring (bicyclic) bond motifs is 1. The monoisotopic (exact) mass is 319 g/mol. The average Bonchev–Trinajstić information content (AvgIpc) is 2.94. The second kappa shape index (κ2) is 5.45. The molecule has 0 aliphatic carbocycles. The van der Waals surface area contributed by atoms with E-state index in [-0.39, 0.29) is 11.4 Å². The van der Waals surface area contributed by atoms with Gasteiger partial charge in [0.2, 0.25) is 5.56 Å². The fourth-order valence-electron chi connectivity index (χ4n) is 2.85. The summed E-state index contributed by atoms with van der Waals surface area (Å²) in [5, 5.41) is 4.66. The fourth-order valence-corrected chi connectivity index (χ4v) is 2.85. The molecule has 1 aromatic carbocycles. The van der Waals surface area contributed by atoms with Crippen molar-refractivity contribution < 1.29 is 4.39 Å². The van der Waals surface area contributed by atoms with Crippen LogP contribution in [-0.2, 0) is 0 Å². The van der Waals surface area contributed by atoms with Crippen LogP contribution in [0.25, 0.3) is 27.9 Å². The maximum atomic E-state index is 13.3. The number of rotatable bonds is 2. The van der Waals surface area contributed by atoms with Gasteiger partial charge in [0.05, 0.1) is 5.52 Å². The molecule has 3 aromatic heterocycles. The number of hydrogen-bond donors (Lipinski definition) is 1. The Bertz CT molecular complexity index is 1090. The second-order valence-electron chi connectivity index (χ2n) is 5.71. The third-order valence-corrected chi connectivity index (χ3v) is 3.96. The molecule has 4 nitrogen and oxygen atoms in total. The summed E-state index contributed by atoms with van der Waals surface area (Å²) >= 11 is 0. The molecule has 0 saturated carbocycles. The molecule has 4 aromatic rings. The van der Waals surface area contributed by atoms with Crippen molar-refractivity contribution in [2.75, 3.05) is 0 Å². The number of hydrogen-bond acceptors (Lipinski definition) is 2. The highest BCUT2D eigenvalue weighted by molar-refractivity contribution is 5.92.